The number of hydrogen-bond acceptors (Lipinski definition) is 2. The van der Waals surface area contributed by atoms with Crippen LogP contribution in [0.2, 0.25) is 0 Å². The van der Waals surface area contributed by atoms with Crippen molar-refractivity contribution in [2.75, 3.05) is 13.6 Å². The van der Waals surface area contributed by atoms with Crippen molar-refractivity contribution in [2.24, 2.45) is 16.8 Å². The van der Waals surface area contributed by atoms with Gasteiger partial charge in [-0.3, -0.25) is 10.4 Å². The standard InChI is InChI=1S/C11H24N4/c1-9(2)8-15(11(13-3)14-12)10-6-4-5-7-10/h9-10H,4-8,12H2,1-3H3,(H,13,14). The topological polar surface area (TPSA) is 53.6 Å². The third kappa shape index (κ3) is 3.38. The summed E-state index contributed by atoms with van der Waals surface area (Å²) in [4.78, 5) is 6.54. The molecule has 0 aromatic rings. The summed E-state index contributed by atoms with van der Waals surface area (Å²) in [7, 11) is 1.79. The summed E-state index contributed by atoms with van der Waals surface area (Å²) in [5, 5.41) is 0. The lowest BCUT2D eigenvalue weighted by atomic mass is 10.1. The number of guanidine groups is 1. The SMILES string of the molecule is CN=C(NN)N(CC(C)C)C1CCCC1. The van der Waals surface area contributed by atoms with Crippen molar-refractivity contribution in [3.05, 3.63) is 0 Å². The van der Waals surface area contributed by atoms with Gasteiger partial charge in [0.1, 0.15) is 0 Å². The van der Waals surface area contributed by atoms with Gasteiger partial charge in [-0.2, -0.15) is 0 Å². The van der Waals surface area contributed by atoms with Gasteiger partial charge in [0, 0.05) is 19.6 Å². The molecular formula is C11H24N4. The summed E-state index contributed by atoms with van der Waals surface area (Å²) < 4.78 is 0. The van der Waals surface area contributed by atoms with E-state index >= 15 is 0 Å². The maximum absolute atomic E-state index is 5.51. The Morgan fingerprint density at radius 2 is 2.07 bits per heavy atom. The van der Waals surface area contributed by atoms with Crippen LogP contribution in [0.4, 0.5) is 0 Å². The maximum Gasteiger partial charge on any atom is 0.208 e. The highest BCUT2D eigenvalue weighted by Crippen LogP contribution is 2.24. The molecule has 1 aliphatic carbocycles. The van der Waals surface area contributed by atoms with Crippen molar-refractivity contribution < 1.29 is 0 Å². The Labute approximate surface area is 92.9 Å². The number of rotatable bonds is 3. The monoisotopic (exact) mass is 212 g/mol. The molecule has 0 unspecified atom stereocenters. The highest BCUT2D eigenvalue weighted by atomic mass is 15.4. The van der Waals surface area contributed by atoms with E-state index in [9.17, 15) is 0 Å². The molecule has 4 heteroatoms. The van der Waals surface area contributed by atoms with Crippen LogP contribution in [0.25, 0.3) is 0 Å². The molecule has 0 aliphatic heterocycles. The second kappa shape index (κ2) is 5.95. The van der Waals surface area contributed by atoms with E-state index in [1.54, 1.807) is 7.05 Å². The molecule has 1 rings (SSSR count). The fourth-order valence-electron chi connectivity index (χ4n) is 2.29. The van der Waals surface area contributed by atoms with Gasteiger partial charge in [-0.25, -0.2) is 5.84 Å². The lowest BCUT2D eigenvalue weighted by Crippen LogP contribution is -2.50. The minimum atomic E-state index is 0.627. The molecule has 0 atom stereocenters. The smallest absolute Gasteiger partial charge is 0.208 e. The number of aliphatic imine (C=N–C) groups is 1. The maximum atomic E-state index is 5.51. The molecule has 1 aliphatic rings. The Kier molecular flexibility index (Phi) is 4.88. The number of hydrogen-bond donors (Lipinski definition) is 2. The number of hydrazine groups is 1. The van der Waals surface area contributed by atoms with E-state index in [0.29, 0.717) is 12.0 Å². The van der Waals surface area contributed by atoms with Crippen molar-refractivity contribution in [3.8, 4) is 0 Å². The predicted molar refractivity (Wildman–Crippen MR) is 64.5 cm³/mol. The molecule has 0 aromatic heterocycles. The lowest BCUT2D eigenvalue weighted by Gasteiger charge is -2.32. The molecule has 3 N–H and O–H groups in total. The molecular weight excluding hydrogens is 188 g/mol. The van der Waals surface area contributed by atoms with E-state index in [0.717, 1.165) is 12.5 Å². The molecule has 0 heterocycles. The van der Waals surface area contributed by atoms with Crippen LogP contribution in [-0.2, 0) is 0 Å². The molecule has 1 fully saturated rings. The first-order valence-corrected chi connectivity index (χ1v) is 5.89. The largest absolute Gasteiger partial charge is 0.339 e. The average Bonchev–Trinajstić information content (AvgIpc) is 2.70. The van der Waals surface area contributed by atoms with Gasteiger partial charge in [0.15, 0.2) is 0 Å². The zero-order valence-electron chi connectivity index (χ0n) is 10.2. The quantitative estimate of drug-likeness (QED) is 0.321. The van der Waals surface area contributed by atoms with E-state index in [4.69, 9.17) is 5.84 Å². The summed E-state index contributed by atoms with van der Waals surface area (Å²) >= 11 is 0. The first-order chi connectivity index (χ1) is 7.19. The van der Waals surface area contributed by atoms with Crippen molar-refractivity contribution in [3.63, 3.8) is 0 Å². The van der Waals surface area contributed by atoms with Crippen LogP contribution >= 0.6 is 0 Å². The first kappa shape index (κ1) is 12.3. The van der Waals surface area contributed by atoms with Crippen molar-refractivity contribution in [2.45, 2.75) is 45.6 Å². The van der Waals surface area contributed by atoms with Gasteiger partial charge in [-0.05, 0) is 18.8 Å². The van der Waals surface area contributed by atoms with Crippen LogP contribution in [0.3, 0.4) is 0 Å². The Morgan fingerprint density at radius 3 is 2.47 bits per heavy atom. The number of nitrogens with one attached hydrogen (secondary N) is 1. The van der Waals surface area contributed by atoms with E-state index < -0.39 is 0 Å². The van der Waals surface area contributed by atoms with Crippen LogP contribution in [0, 0.1) is 5.92 Å². The van der Waals surface area contributed by atoms with Crippen LogP contribution in [0.5, 0.6) is 0 Å². The predicted octanol–water partition coefficient (Wildman–Crippen LogP) is 1.34. The van der Waals surface area contributed by atoms with Gasteiger partial charge >= 0.3 is 0 Å². The number of nitrogens with two attached hydrogens (primary N) is 1. The molecule has 15 heavy (non-hydrogen) atoms. The molecule has 88 valence electrons. The summed E-state index contributed by atoms with van der Waals surface area (Å²) in [5.74, 6) is 6.97. The molecule has 0 amide bonds. The molecule has 4 nitrogen and oxygen atoms in total. The minimum absolute atomic E-state index is 0.627. The highest BCUT2D eigenvalue weighted by Gasteiger charge is 2.25. The summed E-state index contributed by atoms with van der Waals surface area (Å²) in [6, 6.07) is 0.627. The molecule has 0 aromatic carbocycles. The zero-order valence-corrected chi connectivity index (χ0v) is 10.2. The van der Waals surface area contributed by atoms with E-state index in [1.807, 2.05) is 0 Å². The molecule has 0 saturated heterocycles. The van der Waals surface area contributed by atoms with Gasteiger partial charge in [0.2, 0.25) is 5.96 Å². The average molecular weight is 212 g/mol. The normalized spacial score (nSPS) is 18.6. The van der Waals surface area contributed by atoms with E-state index in [2.05, 4.69) is 29.2 Å². The van der Waals surface area contributed by atoms with Gasteiger partial charge in [0.25, 0.3) is 0 Å². The van der Waals surface area contributed by atoms with Gasteiger partial charge in [-0.15, -0.1) is 0 Å². The number of nitrogens with zero attached hydrogens (tertiary/aromatic N) is 2. The molecule has 0 bridgehead atoms. The van der Waals surface area contributed by atoms with Crippen molar-refractivity contribution >= 4 is 5.96 Å². The summed E-state index contributed by atoms with van der Waals surface area (Å²) in [5.41, 5.74) is 2.71. The van der Waals surface area contributed by atoms with Crippen LogP contribution in [0.15, 0.2) is 4.99 Å². The summed E-state index contributed by atoms with van der Waals surface area (Å²) in [6.07, 6.45) is 5.21. The zero-order chi connectivity index (χ0) is 11.3. The van der Waals surface area contributed by atoms with Gasteiger partial charge < -0.3 is 4.90 Å². The van der Waals surface area contributed by atoms with Crippen LogP contribution in [-0.4, -0.2) is 30.5 Å². The van der Waals surface area contributed by atoms with Crippen molar-refractivity contribution in [1.29, 1.82) is 0 Å². The molecule has 0 spiro atoms. The second-order valence-electron chi connectivity index (χ2n) is 4.68. The fourth-order valence-corrected chi connectivity index (χ4v) is 2.29. The molecule has 0 radical (unpaired) electrons. The third-order valence-electron chi connectivity index (χ3n) is 2.94. The lowest BCUT2D eigenvalue weighted by molar-refractivity contribution is 0.274. The Morgan fingerprint density at radius 1 is 1.47 bits per heavy atom. The second-order valence-corrected chi connectivity index (χ2v) is 4.68. The highest BCUT2D eigenvalue weighted by molar-refractivity contribution is 5.79. The van der Waals surface area contributed by atoms with E-state index in [-0.39, 0.29) is 0 Å². The molecule has 1 saturated carbocycles. The third-order valence-corrected chi connectivity index (χ3v) is 2.94. The van der Waals surface area contributed by atoms with Crippen molar-refractivity contribution in [1.82, 2.24) is 10.3 Å². The van der Waals surface area contributed by atoms with E-state index in [1.165, 1.54) is 25.7 Å². The van der Waals surface area contributed by atoms with Gasteiger partial charge in [0.05, 0.1) is 0 Å². The van der Waals surface area contributed by atoms with Gasteiger partial charge in [-0.1, -0.05) is 26.7 Å². The van der Waals surface area contributed by atoms with Crippen LogP contribution < -0.4 is 11.3 Å². The Bertz CT molecular complexity index is 207. The first-order valence-electron chi connectivity index (χ1n) is 5.89. The minimum Gasteiger partial charge on any atom is -0.339 e. The Balaban J connectivity index is 2.66. The van der Waals surface area contributed by atoms with Crippen LogP contribution in [0.1, 0.15) is 39.5 Å². The summed E-state index contributed by atoms with van der Waals surface area (Å²) in [6.45, 7) is 5.49. The Hall–Kier alpha value is -0.770. The fraction of sp³-hybridized carbons (Fsp3) is 0.909.